The van der Waals surface area contributed by atoms with E-state index in [1.807, 2.05) is 12.1 Å². The van der Waals surface area contributed by atoms with Crippen molar-refractivity contribution in [2.75, 3.05) is 13.7 Å². The molecule has 40 heavy (non-hydrogen) atoms. The van der Waals surface area contributed by atoms with E-state index in [4.69, 9.17) is 25.5 Å². The first-order chi connectivity index (χ1) is 19.3. The van der Waals surface area contributed by atoms with Crippen LogP contribution in [-0.2, 0) is 14.3 Å². The molecule has 2 aromatic heterocycles. The molecule has 1 atom stereocenters. The van der Waals surface area contributed by atoms with Crippen LogP contribution in [0.15, 0.2) is 98.8 Å². The first-order valence-corrected chi connectivity index (χ1v) is 13.3. The molecular formula is C30H23ClN2O6S. The summed E-state index contributed by atoms with van der Waals surface area (Å²) in [6.45, 7) is 5.29. The monoisotopic (exact) mass is 574 g/mol. The summed E-state index contributed by atoms with van der Waals surface area (Å²) in [7, 11) is 1.30. The summed E-state index contributed by atoms with van der Waals surface area (Å²) in [5, 5.41) is 0.584. The van der Waals surface area contributed by atoms with Gasteiger partial charge in [-0.3, -0.25) is 9.36 Å². The third-order valence-corrected chi connectivity index (χ3v) is 7.45. The van der Waals surface area contributed by atoms with E-state index in [0.29, 0.717) is 42.7 Å². The van der Waals surface area contributed by atoms with E-state index >= 15 is 0 Å². The van der Waals surface area contributed by atoms with Gasteiger partial charge in [0.15, 0.2) is 4.80 Å². The maximum Gasteiger partial charge on any atom is 0.338 e. The maximum atomic E-state index is 13.8. The number of thiazole rings is 1. The van der Waals surface area contributed by atoms with Crippen LogP contribution in [0.2, 0.25) is 5.02 Å². The van der Waals surface area contributed by atoms with Gasteiger partial charge in [0, 0.05) is 16.7 Å². The highest BCUT2D eigenvalue weighted by Gasteiger charge is 2.33. The Bertz CT molecular complexity index is 1850. The minimum absolute atomic E-state index is 0.00147. The van der Waals surface area contributed by atoms with E-state index in [2.05, 4.69) is 11.6 Å². The van der Waals surface area contributed by atoms with Crippen molar-refractivity contribution in [1.82, 2.24) is 4.57 Å². The highest BCUT2D eigenvalue weighted by molar-refractivity contribution is 7.07. The number of hydrogen-bond donors (Lipinski definition) is 0. The third kappa shape index (κ3) is 5.21. The number of halogens is 1. The molecule has 0 aliphatic carbocycles. The van der Waals surface area contributed by atoms with Crippen LogP contribution in [0.25, 0.3) is 17.4 Å². The number of benzene rings is 2. The van der Waals surface area contributed by atoms with Gasteiger partial charge in [0.2, 0.25) is 0 Å². The van der Waals surface area contributed by atoms with Gasteiger partial charge < -0.3 is 13.9 Å². The highest BCUT2D eigenvalue weighted by Crippen LogP contribution is 2.31. The van der Waals surface area contributed by atoms with E-state index in [1.54, 1.807) is 61.5 Å². The Labute approximate surface area is 237 Å². The van der Waals surface area contributed by atoms with Gasteiger partial charge in [0.1, 0.15) is 18.1 Å². The lowest BCUT2D eigenvalue weighted by Crippen LogP contribution is -2.40. The standard InChI is InChI=1S/C30H23ClN2O6S/c1-4-14-38-29(36)25-17(2)32-30-33(26(25)18-8-10-19(11-9-18)28(35)37-3)27(34)24(40-30)16-22-12-13-23(39-22)20-6-5-7-21(31)15-20/h4-13,15-16,26H,1,14H2,2-3H3. The molecule has 3 heterocycles. The quantitative estimate of drug-likeness (QED) is 0.235. The molecular weight excluding hydrogens is 552 g/mol. The van der Waals surface area contributed by atoms with E-state index in [9.17, 15) is 14.4 Å². The lowest BCUT2D eigenvalue weighted by Gasteiger charge is -2.24. The molecule has 4 aromatic rings. The number of fused-ring (bicyclic) bond motifs is 1. The topological polar surface area (TPSA) is 100 Å². The molecule has 1 aliphatic heterocycles. The van der Waals surface area contributed by atoms with Crippen LogP contribution in [0.3, 0.4) is 0 Å². The summed E-state index contributed by atoms with van der Waals surface area (Å²) in [4.78, 5) is 43.9. The van der Waals surface area contributed by atoms with Crippen molar-refractivity contribution < 1.29 is 23.5 Å². The fraction of sp³-hybridized carbons (Fsp3) is 0.133. The van der Waals surface area contributed by atoms with Gasteiger partial charge in [-0.2, -0.15) is 0 Å². The predicted molar refractivity (Wildman–Crippen MR) is 152 cm³/mol. The second kappa shape index (κ2) is 11.3. The third-order valence-electron chi connectivity index (χ3n) is 6.23. The van der Waals surface area contributed by atoms with E-state index in [0.717, 1.165) is 5.56 Å². The average molecular weight is 575 g/mol. The van der Waals surface area contributed by atoms with E-state index < -0.39 is 18.0 Å². The number of carbonyl (C=O) groups is 2. The fourth-order valence-corrected chi connectivity index (χ4v) is 5.60. The zero-order valence-corrected chi connectivity index (χ0v) is 23.1. The molecule has 0 fully saturated rings. The van der Waals surface area contributed by atoms with Crippen molar-refractivity contribution in [2.45, 2.75) is 13.0 Å². The summed E-state index contributed by atoms with van der Waals surface area (Å²) in [5.74, 6) is -0.0354. The first-order valence-electron chi connectivity index (χ1n) is 12.2. The van der Waals surface area contributed by atoms with Gasteiger partial charge >= 0.3 is 11.9 Å². The van der Waals surface area contributed by atoms with Crippen LogP contribution in [-0.4, -0.2) is 30.2 Å². The molecule has 0 bridgehead atoms. The molecule has 0 saturated carbocycles. The van der Waals surface area contributed by atoms with Gasteiger partial charge in [0.05, 0.1) is 34.5 Å². The highest BCUT2D eigenvalue weighted by atomic mass is 35.5. The Morgan fingerprint density at radius 2 is 1.93 bits per heavy atom. The molecule has 0 radical (unpaired) electrons. The minimum Gasteiger partial charge on any atom is -0.465 e. The second-order valence-corrected chi connectivity index (χ2v) is 10.2. The number of furan rings is 1. The number of carbonyl (C=O) groups excluding carboxylic acids is 2. The van der Waals surface area contributed by atoms with Crippen LogP contribution in [0, 0.1) is 0 Å². The number of nitrogens with zero attached hydrogens (tertiary/aromatic N) is 2. The Morgan fingerprint density at radius 3 is 2.62 bits per heavy atom. The van der Waals surface area contributed by atoms with Gasteiger partial charge in [-0.1, -0.05) is 59.9 Å². The van der Waals surface area contributed by atoms with Crippen LogP contribution >= 0.6 is 22.9 Å². The molecule has 0 N–H and O–H groups in total. The Balaban J connectivity index is 1.62. The largest absolute Gasteiger partial charge is 0.465 e. The second-order valence-electron chi connectivity index (χ2n) is 8.79. The normalized spacial score (nSPS) is 14.9. The molecule has 1 aliphatic rings. The van der Waals surface area contributed by atoms with E-state index in [1.165, 1.54) is 29.1 Å². The molecule has 0 spiro atoms. The van der Waals surface area contributed by atoms with Crippen LogP contribution in [0.4, 0.5) is 0 Å². The van der Waals surface area contributed by atoms with Gasteiger partial charge in [0.25, 0.3) is 5.56 Å². The summed E-state index contributed by atoms with van der Waals surface area (Å²) < 4.78 is 17.9. The van der Waals surface area contributed by atoms with E-state index in [-0.39, 0.29) is 17.7 Å². The summed E-state index contributed by atoms with van der Waals surface area (Å²) in [5.41, 5.74) is 2.03. The molecule has 2 aromatic carbocycles. The number of hydrogen-bond acceptors (Lipinski definition) is 8. The molecule has 5 rings (SSSR count). The lowest BCUT2D eigenvalue weighted by molar-refractivity contribution is -0.138. The first kappa shape index (κ1) is 27.1. The molecule has 8 nitrogen and oxygen atoms in total. The summed E-state index contributed by atoms with van der Waals surface area (Å²) in [6.07, 6.45) is 3.11. The minimum atomic E-state index is -0.832. The Morgan fingerprint density at radius 1 is 1.15 bits per heavy atom. The molecule has 0 amide bonds. The smallest absolute Gasteiger partial charge is 0.338 e. The number of allylic oxidation sites excluding steroid dienone is 1. The molecule has 202 valence electrons. The maximum absolute atomic E-state index is 13.8. The molecule has 0 saturated heterocycles. The number of ether oxygens (including phenoxy) is 2. The molecule has 10 heteroatoms. The van der Waals surface area contributed by atoms with Crippen LogP contribution < -0.4 is 14.9 Å². The van der Waals surface area contributed by atoms with Gasteiger partial charge in [-0.15, -0.1) is 0 Å². The van der Waals surface area contributed by atoms with Crippen molar-refractivity contribution in [1.29, 1.82) is 0 Å². The van der Waals surface area contributed by atoms with Crippen LogP contribution in [0.5, 0.6) is 0 Å². The van der Waals surface area contributed by atoms with Crippen LogP contribution in [0.1, 0.15) is 34.6 Å². The number of methoxy groups -OCH3 is 1. The SMILES string of the molecule is C=CCOC(=O)C1=C(C)N=c2sc(=Cc3ccc(-c4cccc(Cl)c4)o3)c(=O)n2C1c1ccc(C(=O)OC)cc1. The van der Waals surface area contributed by atoms with Gasteiger partial charge in [-0.05, 0) is 48.9 Å². The van der Waals surface area contributed by atoms with Crippen molar-refractivity contribution >= 4 is 41.0 Å². The predicted octanol–water partition coefficient (Wildman–Crippen LogP) is 4.66. The number of esters is 2. The van der Waals surface area contributed by atoms with Gasteiger partial charge in [-0.25, -0.2) is 14.6 Å². The van der Waals surface area contributed by atoms with Crippen molar-refractivity contribution in [3.05, 3.63) is 126 Å². The Kier molecular flexibility index (Phi) is 7.68. The molecule has 1 unspecified atom stereocenters. The zero-order chi connectivity index (χ0) is 28.4. The average Bonchev–Trinajstić information content (AvgIpc) is 3.55. The zero-order valence-electron chi connectivity index (χ0n) is 21.5. The number of rotatable bonds is 7. The fourth-order valence-electron chi connectivity index (χ4n) is 4.39. The van der Waals surface area contributed by atoms with Crippen molar-refractivity contribution in [3.63, 3.8) is 0 Å². The van der Waals surface area contributed by atoms with Crippen molar-refractivity contribution in [3.8, 4) is 11.3 Å². The van der Waals surface area contributed by atoms with Crippen molar-refractivity contribution in [2.24, 2.45) is 4.99 Å². The summed E-state index contributed by atoms with van der Waals surface area (Å²) >= 11 is 7.29. The summed E-state index contributed by atoms with van der Waals surface area (Å²) in [6, 6.07) is 16.5. The Hall–Kier alpha value is -4.47. The number of aromatic nitrogens is 1. The lowest BCUT2D eigenvalue weighted by atomic mass is 9.95.